The SMILES string of the molecule is COC[C@@H]1[C@H](CO)CNCc2c(O)c3c(c4c2[C@H]2C#CC5=C(C=CC(N)N5)[C@@H]([C@@H]5CC[C@@]6(Cc7cc(O)cc(OCO)c7-c7ccc8c(c76)O[C@H]4[C@H]8COC(C)=O)C5)[C@]4(CCCC[C@@H]4O)c4cccc(c4)C4(CCCC4)[C@@H]1C#C2)C=C[C@@H]1N[C@H]2CCC[C@H](CSSC[C@@H]1O3)C2. The van der Waals surface area contributed by atoms with E-state index < -0.39 is 65.3 Å². The molecule has 6 heterocycles. The summed E-state index contributed by atoms with van der Waals surface area (Å²) in [6.45, 7) is 1.49. The van der Waals surface area contributed by atoms with Crippen molar-refractivity contribution in [1.82, 2.24) is 16.0 Å². The summed E-state index contributed by atoms with van der Waals surface area (Å²) in [5.41, 5.74) is 16.0. The molecule has 17 heteroatoms. The quantitative estimate of drug-likeness (QED) is 0.0363. The van der Waals surface area contributed by atoms with Gasteiger partial charge in [0.25, 0.3) is 0 Å². The molecule has 4 aromatic rings. The third-order valence-electron chi connectivity index (χ3n) is 24.7. The molecule has 12 aliphatic rings. The minimum absolute atomic E-state index is 0.0234. The van der Waals surface area contributed by atoms with Crippen molar-refractivity contribution in [2.75, 3.05) is 51.8 Å². The average Bonchev–Trinajstić information content (AvgIpc) is 1.62. The Bertz CT molecular complexity index is 3930. The van der Waals surface area contributed by atoms with Crippen LogP contribution in [-0.4, -0.2) is 114 Å². The average molecular weight is 1320 g/mol. The van der Waals surface area contributed by atoms with Gasteiger partial charge in [0.1, 0.15) is 42.0 Å². The molecule has 6 aliphatic carbocycles. The van der Waals surface area contributed by atoms with Crippen LogP contribution in [0.25, 0.3) is 17.2 Å². The molecule has 15 nitrogen and oxygen atoms in total. The third kappa shape index (κ3) is 10.7. The van der Waals surface area contributed by atoms with Crippen molar-refractivity contribution in [3.63, 3.8) is 0 Å². The molecular weight excluding hydrogens is 1230 g/mol. The van der Waals surface area contributed by atoms with E-state index in [0.29, 0.717) is 83.7 Å². The number of aliphatic hydroxyl groups excluding tert-OH is 3. The monoisotopic (exact) mass is 1320 g/mol. The number of nitrogens with one attached hydrogen (secondary N) is 3. The lowest BCUT2D eigenvalue weighted by Crippen LogP contribution is -2.52. The van der Waals surface area contributed by atoms with Crippen molar-refractivity contribution in [3.05, 3.63) is 128 Å². The van der Waals surface area contributed by atoms with Crippen molar-refractivity contribution >= 4 is 33.6 Å². The van der Waals surface area contributed by atoms with Crippen LogP contribution in [0.2, 0.25) is 0 Å². The third-order valence-corrected chi connectivity index (χ3v) is 27.3. The second kappa shape index (κ2) is 25.6. The number of allylic oxidation sites excluding steroid dienone is 3. The lowest BCUT2D eigenvalue weighted by molar-refractivity contribution is -0.141. The molecule has 1 unspecified atom stereocenters. The highest BCUT2D eigenvalue weighted by Gasteiger charge is 2.59. The molecule has 0 aromatic heterocycles. The van der Waals surface area contributed by atoms with Gasteiger partial charge in [0.15, 0.2) is 18.3 Å². The first-order valence-corrected chi connectivity index (χ1v) is 37.7. The lowest BCUT2D eigenvalue weighted by atomic mass is 9.53. The van der Waals surface area contributed by atoms with Crippen LogP contribution in [0.1, 0.15) is 171 Å². The van der Waals surface area contributed by atoms with Gasteiger partial charge >= 0.3 is 5.97 Å². The van der Waals surface area contributed by atoms with Crippen LogP contribution in [0.3, 0.4) is 0 Å². The van der Waals surface area contributed by atoms with E-state index in [1.165, 1.54) is 18.9 Å². The number of rotatable bonds is 7. The molecular formula is C78H90N4O11S2. The molecule has 0 radical (unpaired) electrons. The fourth-order valence-corrected chi connectivity index (χ4v) is 23.4. The Morgan fingerprint density at radius 1 is 0.874 bits per heavy atom. The summed E-state index contributed by atoms with van der Waals surface area (Å²) in [6, 6.07) is 17.0. The van der Waals surface area contributed by atoms with Gasteiger partial charge in [0, 0.05) is 131 Å². The molecule has 95 heavy (non-hydrogen) atoms. The zero-order valence-electron chi connectivity index (χ0n) is 54.6. The molecule has 1 saturated heterocycles. The first-order chi connectivity index (χ1) is 46.3. The number of dihydropyridines is 1. The summed E-state index contributed by atoms with van der Waals surface area (Å²) >= 11 is 0. The summed E-state index contributed by atoms with van der Waals surface area (Å²) < 4.78 is 34.5. The summed E-state index contributed by atoms with van der Waals surface area (Å²) in [5, 5.41) is 73.4. The Labute approximate surface area is 566 Å². The fraction of sp³-hybridized carbons (Fsp3) is 0.551. The highest BCUT2D eigenvalue weighted by molar-refractivity contribution is 8.76. The number of esters is 1. The van der Waals surface area contributed by atoms with E-state index in [1.807, 2.05) is 33.7 Å². The van der Waals surface area contributed by atoms with Gasteiger partial charge in [-0.05, 0) is 134 Å². The number of aromatic hydroxyl groups is 2. The Kier molecular flexibility index (Phi) is 17.2. The van der Waals surface area contributed by atoms with E-state index in [1.54, 1.807) is 13.2 Å². The maximum atomic E-state index is 13.9. The standard InChI is InChI=1S/C78H90N4O11S2/c1-43(85)90-39-59-53-16-17-55-67-47(30-52(86)32-63(67)91-42-84)34-76-28-24-46(33-76)70-54-19-23-66(79)82-61(54)21-15-45-14-20-60(77(25-5-6-26-77)49-10-8-11-50(31-49)78(70)27-4-3-13-65(78)87)58(38-89-2)48(37-83)35-80-36-57-68(45)69(73(59)93-74(53)71(55)76)56-18-22-62-64(92-75(56)72(57)88)41-95-94-40-44-9-7-12-51(29-44)81-62/h8,10-11,16-19,22-23,30-32,44-46,48,51,58-60,62,64-66,70,73,80-84,86-88H,3-7,9,12-13,24-29,33-42,79H2,1-2H3/t44-,45+,46+,48-,51-,58+,59-,60+,62-,64-,65-,66?,70+,73-,76-,78+/m0/s1. The topological polar surface area (TPSA) is 226 Å². The van der Waals surface area contributed by atoms with Crippen LogP contribution < -0.4 is 35.9 Å². The molecule has 10 N–H and O–H groups in total. The van der Waals surface area contributed by atoms with Gasteiger partial charge in [-0.15, -0.1) is 0 Å². The van der Waals surface area contributed by atoms with Gasteiger partial charge in [-0.25, -0.2) is 0 Å². The summed E-state index contributed by atoms with van der Waals surface area (Å²) in [6.07, 6.45) is 20.0. The highest BCUT2D eigenvalue weighted by atomic mass is 33.1. The lowest BCUT2D eigenvalue weighted by Gasteiger charge is -2.52. The maximum Gasteiger partial charge on any atom is 0.302 e. The molecule has 0 amide bonds. The fourth-order valence-electron chi connectivity index (χ4n) is 20.7. The number of hydrogen-bond donors (Lipinski definition) is 9. The molecule has 16 atom stereocenters. The molecule has 11 bridgehead atoms. The Morgan fingerprint density at radius 2 is 1.73 bits per heavy atom. The number of phenolic OH excluding ortho intramolecular Hbond substituents is 2. The largest absolute Gasteiger partial charge is 0.508 e. The zero-order chi connectivity index (χ0) is 64.9. The van der Waals surface area contributed by atoms with Crippen LogP contribution >= 0.6 is 21.6 Å². The first kappa shape index (κ1) is 63.6. The van der Waals surface area contributed by atoms with Gasteiger partial charge in [-0.3, -0.25) is 4.79 Å². The van der Waals surface area contributed by atoms with Gasteiger partial charge < -0.3 is 70.9 Å². The number of nitrogens with two attached hydrogens (primary N) is 1. The number of carbonyl (C=O) groups excluding carboxylic acids is 1. The molecule has 500 valence electrons. The van der Waals surface area contributed by atoms with E-state index in [2.05, 4.69) is 94.3 Å². The Morgan fingerprint density at radius 3 is 2.56 bits per heavy atom. The van der Waals surface area contributed by atoms with Crippen molar-refractivity contribution in [3.8, 4) is 63.6 Å². The van der Waals surface area contributed by atoms with Crippen molar-refractivity contribution in [2.24, 2.45) is 41.2 Å². The summed E-state index contributed by atoms with van der Waals surface area (Å²) in [7, 11) is 5.48. The first-order valence-electron chi connectivity index (χ1n) is 35.2. The number of fused-ring (bicyclic) bond motifs is 18. The second-order valence-corrected chi connectivity index (χ2v) is 32.3. The number of ether oxygens (including phenoxy) is 5. The minimum atomic E-state index is -0.935. The molecule has 4 saturated carbocycles. The van der Waals surface area contributed by atoms with Crippen LogP contribution in [0.4, 0.5) is 0 Å². The molecule has 3 spiro atoms. The maximum absolute atomic E-state index is 13.9. The van der Waals surface area contributed by atoms with Crippen LogP contribution in [0.15, 0.2) is 78.0 Å². The number of benzene rings is 4. The smallest absolute Gasteiger partial charge is 0.302 e. The number of phenols is 2. The minimum Gasteiger partial charge on any atom is -0.508 e. The van der Waals surface area contributed by atoms with Crippen LogP contribution in [0.5, 0.6) is 28.7 Å². The number of hydrogen-bond acceptors (Lipinski definition) is 17. The Balaban J connectivity index is 1.06. The van der Waals surface area contributed by atoms with Crippen molar-refractivity contribution < 1.29 is 54.0 Å². The van der Waals surface area contributed by atoms with Crippen LogP contribution in [0, 0.1) is 59.2 Å². The van der Waals surface area contributed by atoms with Crippen LogP contribution in [-0.2, 0) is 43.5 Å². The van der Waals surface area contributed by atoms with Gasteiger partial charge in [-0.1, -0.05) is 126 Å². The van der Waals surface area contributed by atoms with E-state index in [9.17, 15) is 30.3 Å². The van der Waals surface area contributed by atoms with E-state index in [4.69, 9.17) is 29.4 Å². The van der Waals surface area contributed by atoms with Crippen molar-refractivity contribution in [1.29, 1.82) is 0 Å². The number of aliphatic hydroxyl groups is 3. The zero-order valence-corrected chi connectivity index (χ0v) is 56.2. The highest BCUT2D eigenvalue weighted by Crippen LogP contribution is 2.67. The summed E-state index contributed by atoms with van der Waals surface area (Å²) in [5.74, 6) is 16.3. The van der Waals surface area contributed by atoms with Gasteiger partial charge in [-0.2, -0.15) is 0 Å². The molecule has 5 fully saturated rings. The second-order valence-electron chi connectivity index (χ2n) is 29.7. The van der Waals surface area contributed by atoms with Gasteiger partial charge in [0.2, 0.25) is 0 Å². The van der Waals surface area contributed by atoms with E-state index in [-0.39, 0.29) is 72.9 Å². The van der Waals surface area contributed by atoms with Gasteiger partial charge in [0.05, 0.1) is 36.5 Å². The molecule has 16 rings (SSSR count). The predicted octanol–water partition coefficient (Wildman–Crippen LogP) is 10.9. The number of methoxy groups -OCH3 is 1. The molecule has 4 aromatic carbocycles. The molecule has 6 aliphatic heterocycles. The Hall–Kier alpha value is -6.09. The van der Waals surface area contributed by atoms with Crippen molar-refractivity contribution in [2.45, 2.75) is 181 Å². The normalized spacial score (nSPS) is 34.3. The van der Waals surface area contributed by atoms with E-state index in [0.717, 1.165) is 127 Å². The van der Waals surface area contributed by atoms with E-state index >= 15 is 0 Å². The summed E-state index contributed by atoms with van der Waals surface area (Å²) in [4.78, 5) is 13.6. The number of carbonyl (C=O) groups is 1. The predicted molar refractivity (Wildman–Crippen MR) is 369 cm³/mol.